The summed E-state index contributed by atoms with van der Waals surface area (Å²) >= 11 is 0. The summed E-state index contributed by atoms with van der Waals surface area (Å²) in [6.07, 6.45) is 0. The summed E-state index contributed by atoms with van der Waals surface area (Å²) in [4.78, 5) is 0. The molecule has 0 saturated heterocycles. The molecule has 0 saturated carbocycles. The molecule has 0 aliphatic rings. The van der Waals surface area contributed by atoms with Crippen LogP contribution >= 0.6 is 0 Å². The van der Waals surface area contributed by atoms with Crippen LogP contribution in [0.3, 0.4) is 0 Å². The highest BCUT2D eigenvalue weighted by Crippen LogP contribution is 2.19. The van der Waals surface area contributed by atoms with Crippen molar-refractivity contribution >= 4 is 5.69 Å². The summed E-state index contributed by atoms with van der Waals surface area (Å²) in [6.45, 7) is 3.62. The number of hydrazine groups is 1. The van der Waals surface area contributed by atoms with E-state index in [1.165, 1.54) is 12.1 Å². The van der Waals surface area contributed by atoms with Crippen LogP contribution in [-0.2, 0) is 0 Å². The lowest BCUT2D eigenvalue weighted by molar-refractivity contribution is 0.625. The number of hydrogen-bond acceptors (Lipinski definition) is 2. The number of hydrogen-bond donors (Lipinski definition) is 2. The van der Waals surface area contributed by atoms with Crippen molar-refractivity contribution in [2.45, 2.75) is 13.8 Å². The quantitative estimate of drug-likeness (QED) is 0.477. The molecule has 0 radical (unpaired) electrons. The van der Waals surface area contributed by atoms with Gasteiger partial charge in [-0.05, 0) is 37.1 Å². The lowest BCUT2D eigenvalue weighted by Gasteiger charge is -2.07. The first kappa shape index (κ1) is 8.01. The van der Waals surface area contributed by atoms with Crippen LogP contribution in [0.2, 0.25) is 0 Å². The van der Waals surface area contributed by atoms with Gasteiger partial charge in [0.05, 0.1) is 5.69 Å². The molecule has 0 unspecified atom stereocenters. The first-order valence-electron chi connectivity index (χ1n) is 3.38. The summed E-state index contributed by atoms with van der Waals surface area (Å²) in [5.74, 6) is 5.01. The Morgan fingerprint density at radius 2 is 1.73 bits per heavy atom. The minimum atomic E-state index is -0.223. The van der Waals surface area contributed by atoms with Gasteiger partial charge < -0.3 is 5.43 Å². The predicted molar refractivity (Wildman–Crippen MR) is 43.7 cm³/mol. The maximum Gasteiger partial charge on any atom is 0.123 e. The maximum atomic E-state index is 12.7. The Bertz CT molecular complexity index is 248. The van der Waals surface area contributed by atoms with E-state index in [1.807, 2.05) is 13.8 Å². The molecule has 0 aromatic heterocycles. The Morgan fingerprint density at radius 1 is 1.27 bits per heavy atom. The fourth-order valence-electron chi connectivity index (χ4n) is 1.14. The first-order chi connectivity index (χ1) is 5.15. The van der Waals surface area contributed by atoms with Crippen molar-refractivity contribution in [1.82, 2.24) is 0 Å². The van der Waals surface area contributed by atoms with Crippen LogP contribution < -0.4 is 11.3 Å². The van der Waals surface area contributed by atoms with E-state index in [9.17, 15) is 4.39 Å². The van der Waals surface area contributed by atoms with Gasteiger partial charge in [-0.25, -0.2) is 4.39 Å². The highest BCUT2D eigenvalue weighted by atomic mass is 19.1. The van der Waals surface area contributed by atoms with Gasteiger partial charge in [0.25, 0.3) is 0 Å². The third kappa shape index (κ3) is 1.49. The predicted octanol–water partition coefficient (Wildman–Crippen LogP) is 1.73. The number of aryl methyl sites for hydroxylation is 2. The first-order valence-corrected chi connectivity index (χ1v) is 3.38. The number of nitrogen functional groups attached to an aromatic ring is 1. The van der Waals surface area contributed by atoms with E-state index in [1.54, 1.807) is 0 Å². The van der Waals surface area contributed by atoms with Gasteiger partial charge in [0.1, 0.15) is 5.82 Å². The van der Waals surface area contributed by atoms with Crippen LogP contribution in [0.4, 0.5) is 10.1 Å². The van der Waals surface area contributed by atoms with Crippen LogP contribution in [-0.4, -0.2) is 0 Å². The molecule has 2 nitrogen and oxygen atoms in total. The van der Waals surface area contributed by atoms with Crippen molar-refractivity contribution in [2.75, 3.05) is 5.43 Å². The summed E-state index contributed by atoms with van der Waals surface area (Å²) in [5.41, 5.74) is 4.97. The molecule has 0 atom stereocenters. The number of rotatable bonds is 1. The average molecular weight is 154 g/mol. The Labute approximate surface area is 65.2 Å². The van der Waals surface area contributed by atoms with Gasteiger partial charge in [-0.1, -0.05) is 0 Å². The fraction of sp³-hybridized carbons (Fsp3) is 0.250. The Balaban J connectivity index is 3.25. The molecular formula is C8H11FN2. The van der Waals surface area contributed by atoms with Crippen molar-refractivity contribution in [1.29, 1.82) is 0 Å². The second-order valence-corrected chi connectivity index (χ2v) is 2.56. The van der Waals surface area contributed by atoms with Crippen molar-refractivity contribution in [3.8, 4) is 0 Å². The van der Waals surface area contributed by atoms with E-state index < -0.39 is 0 Å². The third-order valence-electron chi connectivity index (χ3n) is 1.64. The second-order valence-electron chi connectivity index (χ2n) is 2.56. The molecule has 1 aromatic carbocycles. The highest BCUT2D eigenvalue weighted by Gasteiger charge is 2.01. The largest absolute Gasteiger partial charge is 0.324 e. The lowest BCUT2D eigenvalue weighted by atomic mass is 10.1. The van der Waals surface area contributed by atoms with E-state index >= 15 is 0 Å². The third-order valence-corrected chi connectivity index (χ3v) is 1.64. The van der Waals surface area contributed by atoms with Gasteiger partial charge in [-0.2, -0.15) is 0 Å². The zero-order valence-corrected chi connectivity index (χ0v) is 6.61. The molecule has 0 amide bonds. The lowest BCUT2D eigenvalue weighted by Crippen LogP contribution is -2.09. The minimum Gasteiger partial charge on any atom is -0.324 e. The van der Waals surface area contributed by atoms with Gasteiger partial charge >= 0.3 is 0 Å². The van der Waals surface area contributed by atoms with E-state index in [4.69, 9.17) is 5.84 Å². The molecule has 0 bridgehead atoms. The normalized spacial score (nSPS) is 9.82. The fourth-order valence-corrected chi connectivity index (χ4v) is 1.14. The molecule has 11 heavy (non-hydrogen) atoms. The van der Waals surface area contributed by atoms with Crippen LogP contribution in [0.15, 0.2) is 12.1 Å². The Morgan fingerprint density at radius 3 is 2.09 bits per heavy atom. The molecule has 0 heterocycles. The second kappa shape index (κ2) is 2.88. The highest BCUT2D eigenvalue weighted by molar-refractivity contribution is 5.55. The number of nitrogens with one attached hydrogen (secondary N) is 1. The molecule has 0 aliphatic heterocycles. The number of anilines is 1. The van der Waals surface area contributed by atoms with Gasteiger partial charge in [0.15, 0.2) is 0 Å². The topological polar surface area (TPSA) is 38.0 Å². The minimum absolute atomic E-state index is 0.223. The summed E-state index contributed by atoms with van der Waals surface area (Å²) in [5, 5.41) is 0. The number of halogens is 1. The molecule has 60 valence electrons. The van der Waals surface area contributed by atoms with E-state index in [-0.39, 0.29) is 5.82 Å². The smallest absolute Gasteiger partial charge is 0.123 e. The Kier molecular flexibility index (Phi) is 2.10. The maximum absolute atomic E-state index is 12.7. The van der Waals surface area contributed by atoms with Crippen LogP contribution in [0.25, 0.3) is 0 Å². The van der Waals surface area contributed by atoms with Crippen molar-refractivity contribution in [3.05, 3.63) is 29.1 Å². The molecule has 0 spiro atoms. The molecule has 1 rings (SSSR count). The molecule has 0 fully saturated rings. The van der Waals surface area contributed by atoms with Crippen molar-refractivity contribution in [2.24, 2.45) is 5.84 Å². The average Bonchev–Trinajstić information content (AvgIpc) is 1.85. The Hall–Kier alpha value is -1.09. The monoisotopic (exact) mass is 154 g/mol. The number of nitrogens with two attached hydrogens (primary N) is 1. The van der Waals surface area contributed by atoms with E-state index in [0.717, 1.165) is 16.8 Å². The van der Waals surface area contributed by atoms with Gasteiger partial charge in [-0.15, -0.1) is 0 Å². The van der Waals surface area contributed by atoms with Gasteiger partial charge in [-0.3, -0.25) is 5.84 Å². The van der Waals surface area contributed by atoms with Crippen molar-refractivity contribution < 1.29 is 4.39 Å². The van der Waals surface area contributed by atoms with Crippen LogP contribution in [0, 0.1) is 19.7 Å². The summed E-state index contributed by atoms with van der Waals surface area (Å²) in [6, 6.07) is 2.89. The van der Waals surface area contributed by atoms with Crippen LogP contribution in [0.1, 0.15) is 11.1 Å². The summed E-state index contributed by atoms with van der Waals surface area (Å²) < 4.78 is 12.7. The van der Waals surface area contributed by atoms with E-state index in [2.05, 4.69) is 5.43 Å². The molecule has 3 heteroatoms. The summed E-state index contributed by atoms with van der Waals surface area (Å²) in [7, 11) is 0. The molecule has 3 N–H and O–H groups in total. The van der Waals surface area contributed by atoms with E-state index in [0.29, 0.717) is 0 Å². The standard InChI is InChI=1S/C8H11FN2/c1-5-3-7(9)4-6(2)8(5)11-10/h3-4,11H,10H2,1-2H3. The van der Waals surface area contributed by atoms with Gasteiger partial charge in [0, 0.05) is 0 Å². The molecule has 0 aliphatic carbocycles. The molecular weight excluding hydrogens is 143 g/mol. The van der Waals surface area contributed by atoms with Gasteiger partial charge in [0.2, 0.25) is 0 Å². The number of benzene rings is 1. The SMILES string of the molecule is Cc1cc(F)cc(C)c1NN. The zero-order valence-electron chi connectivity index (χ0n) is 6.61. The zero-order chi connectivity index (χ0) is 8.43. The molecule has 1 aromatic rings. The van der Waals surface area contributed by atoms with Crippen LogP contribution in [0.5, 0.6) is 0 Å². The van der Waals surface area contributed by atoms with Crippen molar-refractivity contribution in [3.63, 3.8) is 0 Å².